The zero-order chi connectivity index (χ0) is 10.0. The molecule has 1 aromatic rings. The van der Waals surface area contributed by atoms with Crippen LogP contribution in [-0.2, 0) is 0 Å². The van der Waals surface area contributed by atoms with Crippen LogP contribution in [0.1, 0.15) is 22.8 Å². The van der Waals surface area contributed by atoms with Crippen LogP contribution >= 0.6 is 22.6 Å². The zero-order valence-corrected chi connectivity index (χ0v) is 8.99. The van der Waals surface area contributed by atoms with E-state index in [1.165, 1.54) is 19.1 Å². The fraction of sp³-hybridized carbons (Fsp3) is 0.111. The molecule has 1 N–H and O–H groups in total. The lowest BCUT2D eigenvalue weighted by Gasteiger charge is -2.02. The van der Waals surface area contributed by atoms with Gasteiger partial charge in [0.15, 0.2) is 5.78 Å². The van der Waals surface area contributed by atoms with Crippen molar-refractivity contribution < 1.29 is 9.90 Å². The highest BCUT2D eigenvalue weighted by Crippen LogP contribution is 2.23. The Bertz CT molecular complexity index is 407. The van der Waals surface area contributed by atoms with Crippen molar-refractivity contribution in [2.24, 2.45) is 0 Å². The lowest BCUT2D eigenvalue weighted by molar-refractivity contribution is 0.101. The normalized spacial score (nSPS) is 9.31. The Kier molecular flexibility index (Phi) is 2.88. The Labute approximate surface area is 89.1 Å². The molecule has 0 bridgehead atoms. The fourth-order valence-electron chi connectivity index (χ4n) is 0.946. The van der Waals surface area contributed by atoms with Gasteiger partial charge in [-0.3, -0.25) is 4.79 Å². The number of ketones is 1. The van der Waals surface area contributed by atoms with Gasteiger partial charge < -0.3 is 5.11 Å². The summed E-state index contributed by atoms with van der Waals surface area (Å²) in [7, 11) is 0. The standard InChI is InChI=1S/C9H6INO2/c1-5(12)7-3-8(10)9(13)2-6(7)4-11/h2-3,13H,1H3. The first-order valence-electron chi connectivity index (χ1n) is 3.50. The van der Waals surface area contributed by atoms with Gasteiger partial charge >= 0.3 is 0 Å². The van der Waals surface area contributed by atoms with E-state index < -0.39 is 0 Å². The number of hydrogen-bond donors (Lipinski definition) is 1. The van der Waals surface area contributed by atoms with Crippen molar-refractivity contribution in [1.29, 1.82) is 5.26 Å². The number of phenolic OH excluding ortho intramolecular Hbond substituents is 1. The van der Waals surface area contributed by atoms with Gasteiger partial charge in [0.2, 0.25) is 0 Å². The van der Waals surface area contributed by atoms with Crippen molar-refractivity contribution in [3.63, 3.8) is 0 Å². The molecule has 0 aliphatic carbocycles. The second kappa shape index (κ2) is 3.75. The van der Waals surface area contributed by atoms with Crippen LogP contribution < -0.4 is 0 Å². The molecule has 0 spiro atoms. The molecule has 66 valence electrons. The van der Waals surface area contributed by atoms with Crippen LogP contribution in [0.25, 0.3) is 0 Å². The monoisotopic (exact) mass is 287 g/mol. The van der Waals surface area contributed by atoms with Crippen molar-refractivity contribution in [3.05, 3.63) is 26.8 Å². The van der Waals surface area contributed by atoms with E-state index in [1.54, 1.807) is 0 Å². The molecule has 0 heterocycles. The smallest absolute Gasteiger partial charge is 0.161 e. The van der Waals surface area contributed by atoms with Gasteiger partial charge in [0.05, 0.1) is 9.13 Å². The molecule has 0 aliphatic rings. The summed E-state index contributed by atoms with van der Waals surface area (Å²) in [6.07, 6.45) is 0. The molecule has 4 heteroatoms. The summed E-state index contributed by atoms with van der Waals surface area (Å²) in [5.41, 5.74) is 0.565. The maximum atomic E-state index is 11.1. The number of nitrogens with zero attached hydrogens (tertiary/aromatic N) is 1. The second-order valence-electron chi connectivity index (χ2n) is 2.52. The zero-order valence-electron chi connectivity index (χ0n) is 6.84. The molecule has 1 aromatic carbocycles. The molecule has 13 heavy (non-hydrogen) atoms. The number of phenols is 1. The lowest BCUT2D eigenvalue weighted by Crippen LogP contribution is -1.97. The first kappa shape index (κ1) is 9.99. The Morgan fingerprint density at radius 2 is 2.23 bits per heavy atom. The van der Waals surface area contributed by atoms with E-state index in [0.717, 1.165) is 0 Å². The maximum absolute atomic E-state index is 11.1. The predicted molar refractivity (Wildman–Crippen MR) is 55.5 cm³/mol. The van der Waals surface area contributed by atoms with Crippen LogP contribution in [0.15, 0.2) is 12.1 Å². The Morgan fingerprint density at radius 3 is 2.69 bits per heavy atom. The molecular formula is C9H6INO2. The Balaban J connectivity index is 3.44. The third-order valence-electron chi connectivity index (χ3n) is 1.59. The van der Waals surface area contributed by atoms with E-state index in [4.69, 9.17) is 5.26 Å². The number of Topliss-reactive ketones (excluding diaryl/α,β-unsaturated/α-hetero) is 1. The SMILES string of the molecule is CC(=O)c1cc(I)c(O)cc1C#N. The van der Waals surface area contributed by atoms with Crippen LogP contribution in [0.3, 0.4) is 0 Å². The van der Waals surface area contributed by atoms with Crippen molar-refractivity contribution in [1.82, 2.24) is 0 Å². The number of aromatic hydroxyl groups is 1. The molecule has 0 fully saturated rings. The van der Waals surface area contributed by atoms with Crippen LogP contribution in [0.4, 0.5) is 0 Å². The van der Waals surface area contributed by atoms with Crippen molar-refractivity contribution in [2.45, 2.75) is 6.92 Å². The quantitative estimate of drug-likeness (QED) is 0.635. The van der Waals surface area contributed by atoms with Gasteiger partial charge in [0.25, 0.3) is 0 Å². The van der Waals surface area contributed by atoms with Crippen LogP contribution in [0, 0.1) is 14.9 Å². The Morgan fingerprint density at radius 1 is 1.62 bits per heavy atom. The topological polar surface area (TPSA) is 61.1 Å². The van der Waals surface area contributed by atoms with Gasteiger partial charge in [-0.15, -0.1) is 0 Å². The highest BCUT2D eigenvalue weighted by atomic mass is 127. The lowest BCUT2D eigenvalue weighted by atomic mass is 10.1. The number of hydrogen-bond acceptors (Lipinski definition) is 3. The van der Waals surface area contributed by atoms with Gasteiger partial charge in [-0.2, -0.15) is 5.26 Å². The molecule has 0 aliphatic heterocycles. The number of benzene rings is 1. The maximum Gasteiger partial charge on any atom is 0.161 e. The summed E-state index contributed by atoms with van der Waals surface area (Å²) < 4.78 is 0.571. The van der Waals surface area contributed by atoms with Crippen molar-refractivity contribution in [3.8, 4) is 11.8 Å². The number of carbonyl (C=O) groups is 1. The molecule has 0 aromatic heterocycles. The van der Waals surface area contributed by atoms with Gasteiger partial charge in [0.1, 0.15) is 11.8 Å². The predicted octanol–water partition coefficient (Wildman–Crippen LogP) is 2.07. The van der Waals surface area contributed by atoms with E-state index in [2.05, 4.69) is 0 Å². The summed E-state index contributed by atoms with van der Waals surface area (Å²) in [6.45, 7) is 1.39. The Hall–Kier alpha value is -1.09. The van der Waals surface area contributed by atoms with Crippen LogP contribution in [0.5, 0.6) is 5.75 Å². The number of halogens is 1. The number of carbonyl (C=O) groups excluding carboxylic acids is 1. The molecule has 0 saturated carbocycles. The average molecular weight is 287 g/mol. The molecule has 0 saturated heterocycles. The van der Waals surface area contributed by atoms with Crippen LogP contribution in [-0.4, -0.2) is 10.9 Å². The molecule has 0 amide bonds. The van der Waals surface area contributed by atoms with E-state index in [1.807, 2.05) is 28.7 Å². The highest BCUT2D eigenvalue weighted by Gasteiger charge is 2.10. The van der Waals surface area contributed by atoms with Crippen molar-refractivity contribution in [2.75, 3.05) is 0 Å². The average Bonchev–Trinajstić information content (AvgIpc) is 2.08. The van der Waals surface area contributed by atoms with Gasteiger partial charge in [-0.1, -0.05) is 0 Å². The summed E-state index contributed by atoms with van der Waals surface area (Å²) in [5, 5.41) is 17.9. The summed E-state index contributed by atoms with van der Waals surface area (Å²) in [4.78, 5) is 11.1. The highest BCUT2D eigenvalue weighted by molar-refractivity contribution is 14.1. The third kappa shape index (κ3) is 1.98. The fourth-order valence-corrected chi connectivity index (χ4v) is 1.41. The molecule has 3 nitrogen and oxygen atoms in total. The molecule has 1 rings (SSSR count). The van der Waals surface area contributed by atoms with Crippen LogP contribution in [0.2, 0.25) is 0 Å². The molecule has 0 radical (unpaired) electrons. The van der Waals surface area contributed by atoms with E-state index in [0.29, 0.717) is 9.13 Å². The molecule has 0 unspecified atom stereocenters. The minimum Gasteiger partial charge on any atom is -0.507 e. The first-order valence-corrected chi connectivity index (χ1v) is 4.57. The third-order valence-corrected chi connectivity index (χ3v) is 2.45. The number of nitriles is 1. The van der Waals surface area contributed by atoms with Gasteiger partial charge in [-0.05, 0) is 41.6 Å². The molecular weight excluding hydrogens is 281 g/mol. The van der Waals surface area contributed by atoms with Crippen molar-refractivity contribution >= 4 is 28.4 Å². The van der Waals surface area contributed by atoms with Gasteiger partial charge in [0, 0.05) is 5.56 Å². The molecule has 0 atom stereocenters. The second-order valence-corrected chi connectivity index (χ2v) is 3.68. The van der Waals surface area contributed by atoms with E-state index in [9.17, 15) is 9.90 Å². The van der Waals surface area contributed by atoms with E-state index in [-0.39, 0.29) is 17.1 Å². The minimum atomic E-state index is -0.172. The summed E-state index contributed by atoms with van der Waals surface area (Å²) in [5.74, 6) is -0.142. The largest absolute Gasteiger partial charge is 0.507 e. The van der Waals surface area contributed by atoms with Gasteiger partial charge in [-0.25, -0.2) is 0 Å². The summed E-state index contributed by atoms with van der Waals surface area (Å²) >= 11 is 1.90. The number of rotatable bonds is 1. The summed E-state index contributed by atoms with van der Waals surface area (Å²) in [6, 6.07) is 4.68. The minimum absolute atomic E-state index is 0.0298. The first-order chi connectivity index (χ1) is 6.06. The van der Waals surface area contributed by atoms with E-state index >= 15 is 0 Å².